The van der Waals surface area contributed by atoms with Gasteiger partial charge >= 0.3 is 0 Å². The fourth-order valence-electron chi connectivity index (χ4n) is 2.82. The third kappa shape index (κ3) is 2.25. The van der Waals surface area contributed by atoms with Gasteiger partial charge in [-0.2, -0.15) is 5.10 Å². The molecule has 0 saturated heterocycles. The largest absolute Gasteiger partial charge is 0.323 e. The van der Waals surface area contributed by atoms with Crippen molar-refractivity contribution in [3.63, 3.8) is 0 Å². The van der Waals surface area contributed by atoms with E-state index in [1.54, 1.807) is 30.6 Å². The van der Waals surface area contributed by atoms with Crippen molar-refractivity contribution in [3.05, 3.63) is 47.8 Å². The second kappa shape index (κ2) is 5.11. The van der Waals surface area contributed by atoms with Gasteiger partial charge in [-0.1, -0.05) is 6.07 Å². The van der Waals surface area contributed by atoms with Crippen molar-refractivity contribution in [1.82, 2.24) is 15.2 Å². The average molecular weight is 343 g/mol. The van der Waals surface area contributed by atoms with Crippen LogP contribution >= 0.6 is 0 Å². The molecule has 1 atom stereocenters. The molecular weight excluding hydrogens is 330 g/mol. The summed E-state index contributed by atoms with van der Waals surface area (Å²) in [5, 5.41) is 10.0. The molecule has 122 valence electrons. The van der Waals surface area contributed by atoms with Crippen molar-refractivity contribution in [2.45, 2.75) is 10.9 Å². The van der Waals surface area contributed by atoms with E-state index >= 15 is 0 Å². The van der Waals surface area contributed by atoms with Crippen LogP contribution < -0.4 is 11.1 Å². The van der Waals surface area contributed by atoms with Crippen molar-refractivity contribution >= 4 is 32.5 Å². The monoisotopic (exact) mass is 343 g/mol. The lowest BCUT2D eigenvalue weighted by atomic mass is 10.1. The molecule has 0 fully saturated rings. The lowest BCUT2D eigenvalue weighted by Gasteiger charge is -2.08. The Kier molecular flexibility index (Phi) is 3.15. The third-order valence-corrected chi connectivity index (χ3v) is 5.83. The summed E-state index contributed by atoms with van der Waals surface area (Å²) >= 11 is 0. The summed E-state index contributed by atoms with van der Waals surface area (Å²) in [6.45, 7) is 0. The Morgan fingerprint density at radius 1 is 1.33 bits per heavy atom. The Morgan fingerprint density at radius 3 is 3.00 bits per heavy atom. The van der Waals surface area contributed by atoms with E-state index in [1.165, 1.54) is 6.07 Å². The maximum absolute atomic E-state index is 12.5. The van der Waals surface area contributed by atoms with Gasteiger partial charge in [0, 0.05) is 17.8 Å². The van der Waals surface area contributed by atoms with Gasteiger partial charge in [-0.25, -0.2) is 13.4 Å². The summed E-state index contributed by atoms with van der Waals surface area (Å²) in [6.07, 6.45) is 3.10. The molecule has 0 aliphatic carbocycles. The highest BCUT2D eigenvalue weighted by atomic mass is 32.2. The highest BCUT2D eigenvalue weighted by Crippen LogP contribution is 2.32. The average Bonchev–Trinajstić information content (AvgIpc) is 3.11. The second-order valence-electron chi connectivity index (χ2n) is 5.59. The number of hydrogen-bond acceptors (Lipinski definition) is 6. The van der Waals surface area contributed by atoms with Crippen LogP contribution in [0.1, 0.15) is 22.0 Å². The van der Waals surface area contributed by atoms with Crippen molar-refractivity contribution in [1.29, 1.82) is 0 Å². The molecule has 3 aromatic rings. The first kappa shape index (κ1) is 14.8. The maximum atomic E-state index is 12.5. The summed E-state index contributed by atoms with van der Waals surface area (Å²) in [7, 11) is -3.44. The number of benzene rings is 1. The van der Waals surface area contributed by atoms with Gasteiger partial charge in [0.05, 0.1) is 27.9 Å². The van der Waals surface area contributed by atoms with Gasteiger partial charge in [0.1, 0.15) is 0 Å². The Morgan fingerprint density at radius 2 is 2.17 bits per heavy atom. The van der Waals surface area contributed by atoms with Gasteiger partial charge in [-0.05, 0) is 23.8 Å². The normalized spacial score (nSPS) is 18.5. The topological polar surface area (TPSA) is 131 Å². The van der Waals surface area contributed by atoms with E-state index in [2.05, 4.69) is 20.5 Å². The van der Waals surface area contributed by atoms with E-state index in [1.807, 2.05) is 0 Å². The van der Waals surface area contributed by atoms with E-state index in [4.69, 9.17) is 5.73 Å². The summed E-state index contributed by atoms with van der Waals surface area (Å²) in [5.74, 6) is -0.546. The second-order valence-corrected chi connectivity index (χ2v) is 7.59. The van der Waals surface area contributed by atoms with Crippen LogP contribution in [0.15, 0.2) is 41.6 Å². The molecule has 2 aromatic heterocycles. The Hall–Kier alpha value is -2.78. The van der Waals surface area contributed by atoms with E-state index in [0.717, 1.165) is 0 Å². The fraction of sp³-hybridized carbons (Fsp3) is 0.133. The zero-order valence-corrected chi connectivity index (χ0v) is 13.2. The van der Waals surface area contributed by atoms with E-state index in [0.29, 0.717) is 22.3 Å². The van der Waals surface area contributed by atoms with Gasteiger partial charge in [-0.15, -0.1) is 0 Å². The number of carbonyl (C=O) groups is 1. The number of amides is 1. The number of aromatic nitrogens is 3. The molecule has 0 spiro atoms. The molecule has 0 radical (unpaired) electrons. The number of sulfone groups is 1. The highest BCUT2D eigenvalue weighted by molar-refractivity contribution is 7.91. The smallest absolute Gasteiger partial charge is 0.255 e. The minimum Gasteiger partial charge on any atom is -0.323 e. The summed E-state index contributed by atoms with van der Waals surface area (Å²) < 4.78 is 24.2. The van der Waals surface area contributed by atoms with Crippen LogP contribution in [0.25, 0.3) is 11.0 Å². The highest BCUT2D eigenvalue weighted by Gasteiger charge is 2.33. The van der Waals surface area contributed by atoms with Gasteiger partial charge in [0.2, 0.25) is 0 Å². The molecule has 0 unspecified atom stereocenters. The number of fused-ring (bicyclic) bond motifs is 2. The third-order valence-electron chi connectivity index (χ3n) is 4.01. The quantitative estimate of drug-likeness (QED) is 0.636. The van der Waals surface area contributed by atoms with Gasteiger partial charge in [0.25, 0.3) is 5.91 Å². The minimum atomic E-state index is -3.44. The van der Waals surface area contributed by atoms with Crippen LogP contribution in [0.5, 0.6) is 0 Å². The molecule has 0 saturated carbocycles. The minimum absolute atomic E-state index is 0.130. The van der Waals surface area contributed by atoms with Crippen molar-refractivity contribution in [3.8, 4) is 0 Å². The molecule has 1 aliphatic heterocycles. The van der Waals surface area contributed by atoms with Gasteiger partial charge < -0.3 is 11.1 Å². The first-order chi connectivity index (χ1) is 11.5. The lowest BCUT2D eigenvalue weighted by Crippen LogP contribution is -2.13. The summed E-state index contributed by atoms with van der Waals surface area (Å²) in [4.78, 5) is 16.7. The maximum Gasteiger partial charge on any atom is 0.255 e. The number of carbonyl (C=O) groups excluding carboxylic acids is 1. The number of hydrogen-bond donors (Lipinski definition) is 3. The number of aromatic amines is 1. The molecule has 8 nitrogen and oxygen atoms in total. The number of nitrogens with two attached hydrogens (primary N) is 1. The van der Waals surface area contributed by atoms with E-state index in [-0.39, 0.29) is 16.2 Å². The number of nitrogens with zero attached hydrogens (tertiary/aromatic N) is 2. The van der Waals surface area contributed by atoms with Crippen LogP contribution in [-0.4, -0.2) is 35.3 Å². The Bertz CT molecular complexity index is 1070. The fourth-order valence-corrected chi connectivity index (χ4v) is 4.54. The molecule has 1 amide bonds. The lowest BCUT2D eigenvalue weighted by molar-refractivity contribution is 0.102. The molecular formula is C15H13N5O3S. The van der Waals surface area contributed by atoms with Gasteiger partial charge in [0.15, 0.2) is 15.5 Å². The predicted molar refractivity (Wildman–Crippen MR) is 87.3 cm³/mol. The molecule has 0 bridgehead atoms. The zero-order valence-electron chi connectivity index (χ0n) is 12.4. The standard InChI is InChI=1S/C15H13N5O3S/c16-11-7-24(22,23)13-5-8(1-2-9(11)13)15(21)19-12-3-4-17-14-10(12)6-18-20-14/h1-6,11H,7,16H2,(H2,17,18,19,20,21)/t11-/m0/s1. The van der Waals surface area contributed by atoms with Crippen molar-refractivity contribution in [2.24, 2.45) is 5.73 Å². The van der Waals surface area contributed by atoms with E-state index < -0.39 is 21.8 Å². The van der Waals surface area contributed by atoms with Crippen LogP contribution in [0.2, 0.25) is 0 Å². The van der Waals surface area contributed by atoms with Crippen LogP contribution in [0.3, 0.4) is 0 Å². The summed E-state index contributed by atoms with van der Waals surface area (Å²) in [6, 6.07) is 5.64. The molecule has 3 heterocycles. The predicted octanol–water partition coefficient (Wildman–Crippen LogP) is 0.997. The number of rotatable bonds is 2. The van der Waals surface area contributed by atoms with Crippen LogP contribution in [-0.2, 0) is 9.84 Å². The summed E-state index contributed by atoms with van der Waals surface area (Å²) in [5.41, 5.74) is 7.72. The molecule has 9 heteroatoms. The SMILES string of the molecule is N[C@H]1CS(=O)(=O)c2cc(C(=O)Nc3ccnc4[nH]ncc34)ccc21. The first-order valence-corrected chi connectivity index (χ1v) is 8.83. The number of anilines is 1. The number of nitrogens with one attached hydrogen (secondary N) is 2. The van der Waals surface area contributed by atoms with E-state index in [9.17, 15) is 13.2 Å². The molecule has 4 N–H and O–H groups in total. The van der Waals surface area contributed by atoms with Crippen LogP contribution in [0.4, 0.5) is 5.69 Å². The zero-order chi connectivity index (χ0) is 16.9. The number of H-pyrrole nitrogens is 1. The molecule has 1 aromatic carbocycles. The van der Waals surface area contributed by atoms with Crippen molar-refractivity contribution < 1.29 is 13.2 Å². The Balaban J connectivity index is 1.70. The Labute approximate surface area is 137 Å². The molecule has 24 heavy (non-hydrogen) atoms. The molecule has 1 aliphatic rings. The molecule has 4 rings (SSSR count). The van der Waals surface area contributed by atoms with Crippen molar-refractivity contribution in [2.75, 3.05) is 11.1 Å². The van der Waals surface area contributed by atoms with Crippen LogP contribution in [0, 0.1) is 0 Å². The first-order valence-electron chi connectivity index (χ1n) is 7.17. The number of pyridine rings is 1. The van der Waals surface area contributed by atoms with Gasteiger partial charge in [-0.3, -0.25) is 9.89 Å².